The van der Waals surface area contributed by atoms with Crippen LogP contribution in [-0.4, -0.2) is 179 Å². The second-order valence-electron chi connectivity index (χ2n) is 13.7. The average molecular weight is 952 g/mol. The first-order valence-corrected chi connectivity index (χ1v) is 22.0. The van der Waals surface area contributed by atoms with Crippen LogP contribution in [-0.2, 0) is 29.0 Å². The highest BCUT2D eigenvalue weighted by Gasteiger charge is 2.34. The average Bonchev–Trinajstić information content (AvgIpc) is 3.90. The number of nitrogens with zero attached hydrogens (tertiary/aromatic N) is 5. The van der Waals surface area contributed by atoms with E-state index in [1.807, 2.05) is 0 Å². The molecule has 2 aliphatic rings. The molecule has 2 aliphatic heterocycles. The minimum atomic E-state index is -3.61. The maximum atomic E-state index is 14.4. The normalized spacial score (nSPS) is 14.6. The number of Topliss-reactive ketones (excluding diaryl/α,β-unsaturated/α-hetero) is 2. The molecule has 340 valence electrons. The Morgan fingerprint density at radius 3 is 1.34 bits per heavy atom. The second kappa shape index (κ2) is 21.3. The molecular weight excluding hydrogens is 905 g/mol. The molecule has 6 rings (SSSR count). The Hall–Kier alpha value is -5.08. The number of amides is 4. The van der Waals surface area contributed by atoms with Gasteiger partial charge in [0.25, 0.3) is 54.6 Å². The number of piperazine rings is 2. The molecular formula is C36H46Cl2F2N10O10S2. The summed E-state index contributed by atoms with van der Waals surface area (Å²) < 4.78 is 76.3. The van der Waals surface area contributed by atoms with E-state index in [0.717, 1.165) is 20.7 Å². The van der Waals surface area contributed by atoms with Crippen molar-refractivity contribution in [3.8, 4) is 0 Å². The molecule has 0 aliphatic carbocycles. The van der Waals surface area contributed by atoms with Crippen molar-refractivity contribution in [3.63, 3.8) is 0 Å². The number of hydrogen-bond donors (Lipinski definition) is 5. The van der Waals surface area contributed by atoms with Crippen LogP contribution < -0.4 is 16.0 Å². The summed E-state index contributed by atoms with van der Waals surface area (Å²) >= 11 is 0. The molecule has 0 unspecified atom stereocenters. The van der Waals surface area contributed by atoms with Gasteiger partial charge in [-0.25, -0.2) is 8.78 Å². The Kier molecular flexibility index (Phi) is 17.6. The van der Waals surface area contributed by atoms with Crippen molar-refractivity contribution in [2.24, 2.45) is 0 Å². The van der Waals surface area contributed by atoms with Gasteiger partial charge in [-0.15, -0.1) is 12.4 Å². The summed E-state index contributed by atoms with van der Waals surface area (Å²) in [6.07, 6.45) is 2.48. The molecule has 2 fully saturated rings. The fraction of sp³-hybridized carbons (Fsp3) is 0.389. The molecule has 0 spiro atoms. The molecule has 2 aromatic carbocycles. The van der Waals surface area contributed by atoms with Crippen LogP contribution in [0, 0.1) is 11.6 Å². The van der Waals surface area contributed by atoms with E-state index in [2.05, 4.69) is 25.9 Å². The number of hydrogen-bond acceptors (Lipinski definition) is 11. The lowest BCUT2D eigenvalue weighted by molar-refractivity contribution is -0.127. The van der Waals surface area contributed by atoms with Gasteiger partial charge in [0.05, 0.1) is 33.3 Å². The highest BCUT2D eigenvalue weighted by molar-refractivity contribution is 8.11. The summed E-state index contributed by atoms with van der Waals surface area (Å²) in [7, 11) is 6.15. The predicted molar refractivity (Wildman–Crippen MR) is 228 cm³/mol. The third-order valence-corrected chi connectivity index (χ3v) is 13.2. The van der Waals surface area contributed by atoms with Gasteiger partial charge < -0.3 is 35.7 Å². The van der Waals surface area contributed by atoms with Crippen molar-refractivity contribution in [2.75, 3.05) is 94.6 Å². The lowest BCUT2D eigenvalue weighted by Crippen LogP contribution is -2.54. The number of fused-ring (bicyclic) bond motifs is 2. The molecule has 20 nitrogen and oxygen atoms in total. The summed E-state index contributed by atoms with van der Waals surface area (Å²) in [5.74, 6) is -5.51. The number of aromatic amines is 2. The molecule has 5 N–H and O–H groups in total. The van der Waals surface area contributed by atoms with E-state index < -0.39 is 66.3 Å². The van der Waals surface area contributed by atoms with E-state index in [1.54, 1.807) is 0 Å². The van der Waals surface area contributed by atoms with Gasteiger partial charge in [0.1, 0.15) is 11.6 Å². The predicted octanol–water partition coefficient (Wildman–Crippen LogP) is 0.534. The van der Waals surface area contributed by atoms with Gasteiger partial charge in [0, 0.05) is 128 Å². The van der Waals surface area contributed by atoms with E-state index in [1.165, 1.54) is 80.9 Å². The van der Waals surface area contributed by atoms with Gasteiger partial charge in [-0.1, -0.05) is 0 Å². The highest BCUT2D eigenvalue weighted by atomic mass is 35.7. The Labute approximate surface area is 366 Å². The van der Waals surface area contributed by atoms with Crippen molar-refractivity contribution in [1.82, 2.24) is 48.6 Å². The maximum absolute atomic E-state index is 14.4. The number of ketones is 2. The molecule has 0 radical (unpaired) electrons. The van der Waals surface area contributed by atoms with Gasteiger partial charge >= 0.3 is 0 Å². The summed E-state index contributed by atoms with van der Waals surface area (Å²) in [4.78, 5) is 82.4. The summed E-state index contributed by atoms with van der Waals surface area (Å²) in [5.41, 5.74) is 0.432. The van der Waals surface area contributed by atoms with E-state index in [9.17, 15) is 54.4 Å². The number of halogens is 4. The molecule has 0 atom stereocenters. The Morgan fingerprint density at radius 2 is 1.00 bits per heavy atom. The number of rotatable bonds is 9. The van der Waals surface area contributed by atoms with Crippen LogP contribution in [0.3, 0.4) is 0 Å². The highest BCUT2D eigenvalue weighted by Crippen LogP contribution is 2.28. The fourth-order valence-corrected chi connectivity index (χ4v) is 7.24. The molecule has 26 heteroatoms. The molecule has 0 saturated carbocycles. The standard InChI is InChI=1S/C18H22FN5O5S.C16H17FN4O3.C2H6ClNO2S.ClH/c1-20-17(26)11-4-5-13(19)14-12(10-21-15(11)14)16(25)18(27)23-6-8-24(9-7-23)30(28,29)22(2)3;1-18-15(23)9-2-3-11(17)12-10(8-20-13(9)12)14(22)16(24)21-6-4-19-5-7-21;1-4(2)7(3,5)6;/h4-5,10,21H,6-9H2,1-3H3,(H,20,26);2-3,8,19-20H,4-7H2,1H3,(H,18,23);1-2H3;1H. The summed E-state index contributed by atoms with van der Waals surface area (Å²) in [6, 6.07) is 4.80. The van der Waals surface area contributed by atoms with E-state index in [0.29, 0.717) is 26.2 Å². The smallest absolute Gasteiger partial charge is 0.299 e. The van der Waals surface area contributed by atoms with E-state index >= 15 is 0 Å². The third-order valence-electron chi connectivity index (χ3n) is 9.54. The first kappa shape index (κ1) is 51.3. The van der Waals surface area contributed by atoms with Gasteiger partial charge in [0.15, 0.2) is 0 Å². The Bertz CT molecular complexity index is 2570. The SMILES string of the molecule is CN(C)S(=O)(=O)Cl.CNC(=O)c1ccc(F)c2c(C(=O)C(=O)N3CCN(S(=O)(=O)N(C)C)CC3)c[nH]c12.CNC(=O)c1ccc(F)c2c(C(=O)C(=O)N3CCNCC3)c[nH]c12.Cl. The minimum Gasteiger partial charge on any atom is -0.360 e. The molecule has 4 aromatic rings. The lowest BCUT2D eigenvalue weighted by Gasteiger charge is -2.34. The van der Waals surface area contributed by atoms with Gasteiger partial charge in [-0.2, -0.15) is 29.8 Å². The zero-order valence-electron chi connectivity index (χ0n) is 34.3. The van der Waals surface area contributed by atoms with E-state index in [-0.39, 0.29) is 82.6 Å². The van der Waals surface area contributed by atoms with Crippen LogP contribution in [0.15, 0.2) is 36.7 Å². The molecule has 4 amide bonds. The van der Waals surface area contributed by atoms with Crippen molar-refractivity contribution in [3.05, 3.63) is 70.5 Å². The number of aromatic nitrogens is 2. The third kappa shape index (κ3) is 11.3. The molecule has 2 aromatic heterocycles. The van der Waals surface area contributed by atoms with Gasteiger partial charge in [-0.3, -0.25) is 28.8 Å². The lowest BCUT2D eigenvalue weighted by atomic mass is 10.0. The summed E-state index contributed by atoms with van der Waals surface area (Å²) in [5, 5.41) is 7.81. The number of carbonyl (C=O) groups is 6. The zero-order valence-corrected chi connectivity index (χ0v) is 37.5. The Morgan fingerprint density at radius 1 is 0.629 bits per heavy atom. The number of benzene rings is 2. The minimum absolute atomic E-state index is 0. The monoisotopic (exact) mass is 950 g/mol. The van der Waals surface area contributed by atoms with Crippen LogP contribution in [0.5, 0.6) is 0 Å². The first-order valence-electron chi connectivity index (χ1n) is 18.3. The first-order chi connectivity index (χ1) is 28.6. The van der Waals surface area contributed by atoms with Crippen LogP contribution in [0.25, 0.3) is 21.8 Å². The van der Waals surface area contributed by atoms with Crippen LogP contribution in [0.4, 0.5) is 8.78 Å². The molecule has 4 heterocycles. The van der Waals surface area contributed by atoms with Crippen molar-refractivity contribution in [1.29, 1.82) is 0 Å². The van der Waals surface area contributed by atoms with Crippen molar-refractivity contribution >= 4 is 99.5 Å². The molecule has 2 saturated heterocycles. The summed E-state index contributed by atoms with van der Waals surface area (Å²) in [6.45, 7) is 2.24. The number of nitrogens with one attached hydrogen (secondary N) is 5. The largest absolute Gasteiger partial charge is 0.360 e. The number of carbonyl (C=O) groups excluding carboxylic acids is 6. The van der Waals surface area contributed by atoms with Crippen molar-refractivity contribution < 1.29 is 54.4 Å². The second-order valence-corrected chi connectivity index (χ2v) is 18.5. The van der Waals surface area contributed by atoms with Crippen molar-refractivity contribution in [2.45, 2.75) is 0 Å². The molecule has 62 heavy (non-hydrogen) atoms. The van der Waals surface area contributed by atoms with Crippen LogP contribution >= 0.6 is 23.1 Å². The maximum Gasteiger partial charge on any atom is 0.299 e. The Balaban J connectivity index is 0.000000287. The van der Waals surface area contributed by atoms with Gasteiger partial charge in [-0.05, 0) is 24.3 Å². The van der Waals surface area contributed by atoms with Crippen LogP contribution in [0.1, 0.15) is 41.4 Å². The fourth-order valence-electron chi connectivity index (χ4n) is 6.16. The zero-order chi connectivity index (χ0) is 45.6. The van der Waals surface area contributed by atoms with Crippen LogP contribution in [0.2, 0.25) is 0 Å². The molecule has 0 bridgehead atoms. The van der Waals surface area contributed by atoms with E-state index in [4.69, 9.17) is 10.7 Å². The van der Waals surface area contributed by atoms with Gasteiger partial charge in [0.2, 0.25) is 0 Å². The number of H-pyrrole nitrogens is 2. The topological polar surface area (TPSA) is 255 Å². The quantitative estimate of drug-likeness (QED) is 0.0880.